The van der Waals surface area contributed by atoms with Crippen LogP contribution >= 0.6 is 0 Å². The first kappa shape index (κ1) is 11.8. The lowest BCUT2D eigenvalue weighted by atomic mass is 10.1. The number of hydrogen-bond acceptors (Lipinski definition) is 4. The lowest BCUT2D eigenvalue weighted by Gasteiger charge is -2.17. The average molecular weight is 235 g/mol. The van der Waals surface area contributed by atoms with Gasteiger partial charge in [0.25, 0.3) is 0 Å². The van der Waals surface area contributed by atoms with E-state index in [-0.39, 0.29) is 5.82 Å². The van der Waals surface area contributed by atoms with E-state index in [0.717, 1.165) is 18.8 Å². The Morgan fingerprint density at radius 2 is 2.41 bits per heavy atom. The van der Waals surface area contributed by atoms with Gasteiger partial charge in [-0.1, -0.05) is 19.8 Å². The van der Waals surface area contributed by atoms with E-state index in [1.54, 1.807) is 12.1 Å². The van der Waals surface area contributed by atoms with E-state index < -0.39 is 4.92 Å². The Hall–Kier alpha value is -1.65. The van der Waals surface area contributed by atoms with Crippen molar-refractivity contribution in [2.45, 2.75) is 38.6 Å². The minimum atomic E-state index is -0.438. The number of aromatic nitrogens is 1. The molecule has 0 radical (unpaired) electrons. The number of pyridine rings is 1. The summed E-state index contributed by atoms with van der Waals surface area (Å²) in [6.07, 6.45) is 6.12. The molecule has 0 spiro atoms. The van der Waals surface area contributed by atoms with Crippen LogP contribution in [0.3, 0.4) is 0 Å². The summed E-state index contributed by atoms with van der Waals surface area (Å²) in [4.78, 5) is 14.2. The zero-order chi connectivity index (χ0) is 12.3. The first-order valence-electron chi connectivity index (χ1n) is 6.06. The van der Waals surface area contributed by atoms with E-state index in [9.17, 15) is 10.1 Å². The van der Waals surface area contributed by atoms with Crippen molar-refractivity contribution in [3.05, 3.63) is 28.4 Å². The highest BCUT2D eigenvalue weighted by atomic mass is 16.6. The molecule has 92 valence electrons. The van der Waals surface area contributed by atoms with E-state index >= 15 is 0 Å². The van der Waals surface area contributed by atoms with Gasteiger partial charge in [0.15, 0.2) is 0 Å². The van der Waals surface area contributed by atoms with Crippen LogP contribution in [0.1, 0.15) is 32.6 Å². The van der Waals surface area contributed by atoms with Gasteiger partial charge in [-0.25, -0.2) is 0 Å². The molecule has 1 N–H and O–H groups in total. The van der Waals surface area contributed by atoms with Gasteiger partial charge in [0, 0.05) is 6.04 Å². The topological polar surface area (TPSA) is 68.1 Å². The maximum absolute atomic E-state index is 10.8. The monoisotopic (exact) mass is 235 g/mol. The predicted molar refractivity (Wildman–Crippen MR) is 65.9 cm³/mol. The Morgan fingerprint density at radius 3 is 3.00 bits per heavy atom. The minimum Gasteiger partial charge on any atom is -0.375 e. The highest BCUT2D eigenvalue weighted by Crippen LogP contribution is 2.35. The fraction of sp³-hybridized carbons (Fsp3) is 0.583. The second-order valence-electron chi connectivity index (χ2n) is 4.56. The molecule has 0 amide bonds. The largest absolute Gasteiger partial charge is 0.386 e. The van der Waals surface area contributed by atoms with Crippen LogP contribution in [0.5, 0.6) is 0 Å². The van der Waals surface area contributed by atoms with Crippen molar-refractivity contribution in [2.24, 2.45) is 5.92 Å². The maximum Gasteiger partial charge on any atom is 0.386 e. The third-order valence-corrected chi connectivity index (χ3v) is 3.13. The second-order valence-corrected chi connectivity index (χ2v) is 4.56. The fourth-order valence-electron chi connectivity index (χ4n) is 1.96. The Morgan fingerprint density at radius 1 is 1.65 bits per heavy atom. The number of hydrogen-bond donors (Lipinski definition) is 1. The summed E-state index contributed by atoms with van der Waals surface area (Å²) in [7, 11) is 0. The molecule has 1 aromatic rings. The van der Waals surface area contributed by atoms with E-state index in [0.29, 0.717) is 11.7 Å². The van der Waals surface area contributed by atoms with Crippen LogP contribution in [-0.4, -0.2) is 15.9 Å². The molecule has 1 heterocycles. The molecule has 1 unspecified atom stereocenters. The van der Waals surface area contributed by atoms with Gasteiger partial charge in [0.2, 0.25) is 0 Å². The molecule has 0 aromatic carbocycles. The van der Waals surface area contributed by atoms with Gasteiger partial charge >= 0.3 is 5.82 Å². The molecule has 0 aliphatic heterocycles. The number of nitro groups is 1. The Balaban J connectivity index is 2.07. The molecule has 1 saturated carbocycles. The van der Waals surface area contributed by atoms with Crippen molar-refractivity contribution in [1.29, 1.82) is 0 Å². The Kier molecular flexibility index (Phi) is 3.56. The third-order valence-electron chi connectivity index (χ3n) is 3.13. The summed E-state index contributed by atoms with van der Waals surface area (Å²) in [5.74, 6) is 0.727. The molecule has 5 nitrogen and oxygen atoms in total. The van der Waals surface area contributed by atoms with E-state index in [2.05, 4.69) is 17.2 Å². The quantitative estimate of drug-likeness (QED) is 0.608. The summed E-state index contributed by atoms with van der Waals surface area (Å²) in [6.45, 7) is 2.10. The highest BCUT2D eigenvalue weighted by molar-refractivity contribution is 5.57. The molecular formula is C12H17N3O2. The maximum atomic E-state index is 10.8. The normalized spacial score (nSPS) is 16.5. The number of anilines is 1. The van der Waals surface area contributed by atoms with Gasteiger partial charge in [-0.15, -0.1) is 0 Å². The second kappa shape index (κ2) is 5.12. The van der Waals surface area contributed by atoms with Crippen LogP contribution < -0.4 is 5.32 Å². The molecule has 17 heavy (non-hydrogen) atoms. The van der Waals surface area contributed by atoms with Crippen LogP contribution in [0, 0.1) is 16.0 Å². The van der Waals surface area contributed by atoms with Crippen molar-refractivity contribution in [3.8, 4) is 0 Å². The van der Waals surface area contributed by atoms with Crippen LogP contribution in [-0.2, 0) is 0 Å². The molecule has 1 aliphatic carbocycles. The van der Waals surface area contributed by atoms with E-state index in [1.807, 2.05) is 0 Å². The Labute approximate surface area is 100 Å². The summed E-state index contributed by atoms with van der Waals surface area (Å²) in [5.41, 5.74) is 0.532. The van der Waals surface area contributed by atoms with Crippen LogP contribution in [0.4, 0.5) is 11.5 Å². The molecular weight excluding hydrogens is 218 g/mol. The SMILES string of the molecule is CCC(CC1CC1)Nc1cccnc1[N+](=O)[O-]. The van der Waals surface area contributed by atoms with Gasteiger partial charge in [0.1, 0.15) is 11.9 Å². The molecule has 5 heteroatoms. The summed E-state index contributed by atoms with van der Waals surface area (Å²) >= 11 is 0. The summed E-state index contributed by atoms with van der Waals surface area (Å²) < 4.78 is 0. The zero-order valence-electron chi connectivity index (χ0n) is 9.93. The number of nitrogens with one attached hydrogen (secondary N) is 1. The van der Waals surface area contributed by atoms with Crippen molar-refractivity contribution < 1.29 is 4.92 Å². The molecule has 1 atom stereocenters. The van der Waals surface area contributed by atoms with Gasteiger partial charge < -0.3 is 15.4 Å². The number of nitrogens with zero attached hydrogens (tertiary/aromatic N) is 2. The molecule has 2 rings (SSSR count). The molecule has 1 aromatic heterocycles. The van der Waals surface area contributed by atoms with Gasteiger partial charge in [0.05, 0.1) is 0 Å². The third kappa shape index (κ3) is 3.15. The van der Waals surface area contributed by atoms with Gasteiger partial charge in [-0.2, -0.15) is 0 Å². The first-order valence-corrected chi connectivity index (χ1v) is 6.06. The van der Waals surface area contributed by atoms with E-state index in [4.69, 9.17) is 0 Å². The zero-order valence-corrected chi connectivity index (χ0v) is 9.93. The molecule has 1 fully saturated rings. The van der Waals surface area contributed by atoms with Crippen LogP contribution in [0.15, 0.2) is 18.3 Å². The highest BCUT2D eigenvalue weighted by Gasteiger charge is 2.26. The standard InChI is InChI=1S/C12H17N3O2/c1-2-10(8-9-5-6-9)14-11-4-3-7-13-12(11)15(16)17/h3-4,7,9-10,14H,2,5-6,8H2,1H3. The summed E-state index contributed by atoms with van der Waals surface area (Å²) in [5, 5.41) is 14.1. The lowest BCUT2D eigenvalue weighted by molar-refractivity contribution is -0.388. The molecule has 1 aliphatic rings. The van der Waals surface area contributed by atoms with Crippen molar-refractivity contribution in [1.82, 2.24) is 4.98 Å². The fourth-order valence-corrected chi connectivity index (χ4v) is 1.96. The molecule has 0 bridgehead atoms. The number of rotatable bonds is 6. The van der Waals surface area contributed by atoms with Crippen molar-refractivity contribution in [3.63, 3.8) is 0 Å². The van der Waals surface area contributed by atoms with E-state index in [1.165, 1.54) is 19.0 Å². The predicted octanol–water partition coefficient (Wildman–Crippen LogP) is 2.98. The van der Waals surface area contributed by atoms with Crippen molar-refractivity contribution in [2.75, 3.05) is 5.32 Å². The molecule has 0 saturated heterocycles. The Bertz CT molecular complexity index is 404. The van der Waals surface area contributed by atoms with Crippen LogP contribution in [0.2, 0.25) is 0 Å². The average Bonchev–Trinajstić information content (AvgIpc) is 3.12. The van der Waals surface area contributed by atoms with Crippen LogP contribution in [0.25, 0.3) is 0 Å². The van der Waals surface area contributed by atoms with Gasteiger partial charge in [-0.05, 0) is 40.8 Å². The van der Waals surface area contributed by atoms with Gasteiger partial charge in [-0.3, -0.25) is 0 Å². The lowest BCUT2D eigenvalue weighted by Crippen LogP contribution is -2.20. The minimum absolute atomic E-state index is 0.0817. The van der Waals surface area contributed by atoms with Crippen molar-refractivity contribution >= 4 is 11.5 Å². The first-order chi connectivity index (χ1) is 8.20. The summed E-state index contributed by atoms with van der Waals surface area (Å²) in [6, 6.07) is 3.75. The smallest absolute Gasteiger partial charge is 0.375 e.